The highest BCUT2D eigenvalue weighted by atomic mass is 32.1. The molecule has 0 radical (unpaired) electrons. The van der Waals surface area contributed by atoms with Gasteiger partial charge >= 0.3 is 0 Å². The van der Waals surface area contributed by atoms with Crippen LogP contribution in [0, 0.1) is 0 Å². The Morgan fingerprint density at radius 2 is 0.673 bits per heavy atom. The van der Waals surface area contributed by atoms with Crippen molar-refractivity contribution in [3.63, 3.8) is 0 Å². The van der Waals surface area contributed by atoms with Crippen LogP contribution in [0.25, 0.3) is 87.7 Å². The van der Waals surface area contributed by atoms with E-state index in [2.05, 4.69) is 164 Å². The molecule has 0 N–H and O–H groups in total. The van der Waals surface area contributed by atoms with Crippen LogP contribution in [-0.2, 0) is 0 Å². The van der Waals surface area contributed by atoms with Crippen molar-refractivity contribution in [1.82, 2.24) is 15.0 Å². The summed E-state index contributed by atoms with van der Waals surface area (Å²) < 4.78 is 2.49. The lowest BCUT2D eigenvalue weighted by molar-refractivity contribution is 1.07. The number of nitrogens with zero attached hydrogens (tertiary/aromatic N) is 3. The third-order valence-electron chi connectivity index (χ3n) is 8.97. The lowest BCUT2D eigenvalue weighted by Crippen LogP contribution is -2.00. The van der Waals surface area contributed by atoms with Crippen LogP contribution in [0.4, 0.5) is 0 Å². The maximum atomic E-state index is 5.10. The molecule has 0 saturated heterocycles. The normalized spacial score (nSPS) is 11.3. The summed E-state index contributed by atoms with van der Waals surface area (Å²) >= 11 is 1.80. The Morgan fingerprint density at radius 3 is 1.31 bits per heavy atom. The summed E-state index contributed by atoms with van der Waals surface area (Å²) in [5.74, 6) is 1.95. The number of fused-ring (bicyclic) bond motifs is 3. The SMILES string of the molecule is c1ccc(-c2ccc(-c3cccc(-c4nc(-c5ccc(-c6ccccc6)cc5)nc(-c5ccc6c(c5)sc5ccccc56)n4)c3)cc2)cc1. The third-order valence-corrected chi connectivity index (χ3v) is 10.1. The zero-order chi connectivity index (χ0) is 32.6. The molecule has 0 amide bonds. The third kappa shape index (κ3) is 5.69. The van der Waals surface area contributed by atoms with Crippen molar-refractivity contribution in [3.8, 4) is 67.5 Å². The van der Waals surface area contributed by atoms with Gasteiger partial charge < -0.3 is 0 Å². The summed E-state index contributed by atoms with van der Waals surface area (Å²) in [6, 6.07) is 61.7. The zero-order valence-corrected chi connectivity index (χ0v) is 27.3. The second-order valence-electron chi connectivity index (χ2n) is 12.1. The van der Waals surface area contributed by atoms with Crippen molar-refractivity contribution in [1.29, 1.82) is 0 Å². The minimum Gasteiger partial charge on any atom is -0.208 e. The summed E-state index contributed by atoms with van der Waals surface area (Å²) in [6.07, 6.45) is 0. The molecule has 0 fully saturated rings. The van der Waals surface area contributed by atoms with Gasteiger partial charge in [0.1, 0.15) is 0 Å². The predicted octanol–water partition coefficient (Wildman–Crippen LogP) is 12.2. The van der Waals surface area contributed by atoms with Gasteiger partial charge in [-0.25, -0.2) is 15.0 Å². The molecular formula is C45H29N3S. The molecule has 0 atom stereocenters. The van der Waals surface area contributed by atoms with Gasteiger partial charge in [0, 0.05) is 36.9 Å². The van der Waals surface area contributed by atoms with Crippen molar-refractivity contribution in [2.75, 3.05) is 0 Å². The maximum Gasteiger partial charge on any atom is 0.164 e. The molecule has 9 rings (SSSR count). The van der Waals surface area contributed by atoms with Gasteiger partial charge in [-0.3, -0.25) is 0 Å². The van der Waals surface area contributed by atoms with E-state index in [1.807, 2.05) is 12.1 Å². The number of thiophene rings is 1. The van der Waals surface area contributed by atoms with Gasteiger partial charge in [-0.1, -0.05) is 158 Å². The Balaban J connectivity index is 1.14. The summed E-state index contributed by atoms with van der Waals surface area (Å²) in [7, 11) is 0. The van der Waals surface area contributed by atoms with Crippen molar-refractivity contribution in [2.45, 2.75) is 0 Å². The first-order valence-corrected chi connectivity index (χ1v) is 17.2. The molecule has 3 nitrogen and oxygen atoms in total. The second-order valence-corrected chi connectivity index (χ2v) is 13.2. The first kappa shape index (κ1) is 29.0. The van der Waals surface area contributed by atoms with Gasteiger partial charge in [-0.05, 0) is 51.6 Å². The fraction of sp³-hybridized carbons (Fsp3) is 0. The summed E-state index contributed by atoms with van der Waals surface area (Å²) in [6.45, 7) is 0. The van der Waals surface area contributed by atoms with Gasteiger partial charge in [0.25, 0.3) is 0 Å². The number of benzene rings is 7. The standard InChI is InChI=1S/C45H29N3S/c1-3-10-30(11-4-1)32-18-20-34(21-19-32)36-14-9-15-37(28-36)44-46-43(35-24-22-33(23-25-35)31-12-5-2-6-13-31)47-45(48-44)38-26-27-40-39-16-7-8-17-41(39)49-42(40)29-38/h1-29H. The largest absolute Gasteiger partial charge is 0.208 e. The summed E-state index contributed by atoms with van der Waals surface area (Å²) in [5, 5.41) is 2.53. The number of aromatic nitrogens is 3. The van der Waals surface area contributed by atoms with Gasteiger partial charge in [0.05, 0.1) is 0 Å². The lowest BCUT2D eigenvalue weighted by Gasteiger charge is -2.11. The molecule has 2 aromatic heterocycles. The average Bonchev–Trinajstić information content (AvgIpc) is 3.57. The van der Waals surface area contributed by atoms with Crippen molar-refractivity contribution < 1.29 is 0 Å². The van der Waals surface area contributed by atoms with E-state index in [1.54, 1.807) is 11.3 Å². The van der Waals surface area contributed by atoms with Crippen LogP contribution in [-0.4, -0.2) is 15.0 Å². The highest BCUT2D eigenvalue weighted by molar-refractivity contribution is 7.25. The van der Waals surface area contributed by atoms with Crippen LogP contribution in [0.15, 0.2) is 176 Å². The predicted molar refractivity (Wildman–Crippen MR) is 205 cm³/mol. The van der Waals surface area contributed by atoms with Crippen molar-refractivity contribution in [3.05, 3.63) is 176 Å². The van der Waals surface area contributed by atoms with Crippen molar-refractivity contribution in [2.24, 2.45) is 0 Å². The van der Waals surface area contributed by atoms with Gasteiger partial charge in [-0.2, -0.15) is 0 Å². The molecule has 0 aliphatic rings. The van der Waals surface area contributed by atoms with E-state index in [0.717, 1.165) is 33.4 Å². The monoisotopic (exact) mass is 643 g/mol. The minimum absolute atomic E-state index is 0.645. The first-order valence-electron chi connectivity index (χ1n) is 16.4. The van der Waals surface area contributed by atoms with E-state index in [4.69, 9.17) is 15.0 Å². The first-order chi connectivity index (χ1) is 24.2. The van der Waals surface area contributed by atoms with E-state index < -0.39 is 0 Å². The smallest absolute Gasteiger partial charge is 0.164 e. The quantitative estimate of drug-likeness (QED) is 0.181. The molecule has 2 heterocycles. The molecule has 0 aliphatic carbocycles. The van der Waals surface area contributed by atoms with Crippen molar-refractivity contribution >= 4 is 31.5 Å². The Bertz CT molecular complexity index is 2570. The summed E-state index contributed by atoms with van der Waals surface area (Å²) in [4.78, 5) is 15.2. The van der Waals surface area contributed by atoms with E-state index in [0.29, 0.717) is 17.5 Å². The molecule has 4 heteroatoms. The highest BCUT2D eigenvalue weighted by Crippen LogP contribution is 2.37. The van der Waals surface area contributed by atoms with Gasteiger partial charge in [0.15, 0.2) is 17.5 Å². The molecule has 0 saturated carbocycles. The van der Waals surface area contributed by atoms with Crippen LogP contribution in [0.1, 0.15) is 0 Å². The molecular weight excluding hydrogens is 615 g/mol. The number of hydrogen-bond donors (Lipinski definition) is 0. The molecule has 0 unspecified atom stereocenters. The number of rotatable bonds is 6. The topological polar surface area (TPSA) is 38.7 Å². The molecule has 0 aliphatic heterocycles. The second kappa shape index (κ2) is 12.4. The fourth-order valence-corrected chi connectivity index (χ4v) is 7.54. The molecule has 0 bridgehead atoms. The van der Waals surface area contributed by atoms with E-state index in [-0.39, 0.29) is 0 Å². The van der Waals surface area contributed by atoms with E-state index >= 15 is 0 Å². The van der Waals surface area contributed by atoms with Gasteiger partial charge in [0.2, 0.25) is 0 Å². The molecule has 7 aromatic carbocycles. The Hall–Kier alpha value is -6.23. The lowest BCUT2D eigenvalue weighted by atomic mass is 9.99. The van der Waals surface area contributed by atoms with Gasteiger partial charge in [-0.15, -0.1) is 11.3 Å². The Labute approximate surface area is 288 Å². The van der Waals surface area contributed by atoms with Crippen LogP contribution in [0.2, 0.25) is 0 Å². The number of hydrogen-bond acceptors (Lipinski definition) is 4. The fourth-order valence-electron chi connectivity index (χ4n) is 6.39. The van der Waals surface area contributed by atoms with E-state index in [1.165, 1.54) is 36.9 Å². The van der Waals surface area contributed by atoms with E-state index in [9.17, 15) is 0 Å². The highest BCUT2D eigenvalue weighted by Gasteiger charge is 2.15. The molecule has 9 aromatic rings. The molecule has 0 spiro atoms. The average molecular weight is 644 g/mol. The Kier molecular flexibility index (Phi) is 7.34. The van der Waals surface area contributed by atoms with Crippen LogP contribution in [0.5, 0.6) is 0 Å². The minimum atomic E-state index is 0.645. The van der Waals surface area contributed by atoms with Crippen LogP contribution >= 0.6 is 11.3 Å². The van der Waals surface area contributed by atoms with Crippen LogP contribution < -0.4 is 0 Å². The molecule has 230 valence electrons. The summed E-state index contributed by atoms with van der Waals surface area (Å²) in [5.41, 5.74) is 9.84. The zero-order valence-electron chi connectivity index (χ0n) is 26.5. The maximum absolute atomic E-state index is 5.10. The van der Waals surface area contributed by atoms with Crippen LogP contribution in [0.3, 0.4) is 0 Å². The molecule has 49 heavy (non-hydrogen) atoms. The Morgan fingerprint density at radius 1 is 0.265 bits per heavy atom.